The number of likely N-dealkylation sites (tertiary alicyclic amines) is 1. The van der Waals surface area contributed by atoms with E-state index in [-0.39, 0.29) is 24.7 Å². The van der Waals surface area contributed by atoms with Crippen LogP contribution in [0.3, 0.4) is 0 Å². The number of nitrogens with one attached hydrogen (secondary N) is 2. The summed E-state index contributed by atoms with van der Waals surface area (Å²) in [5.41, 5.74) is 0.718. The predicted octanol–water partition coefficient (Wildman–Crippen LogP) is 2.05. The van der Waals surface area contributed by atoms with Crippen molar-refractivity contribution in [1.29, 1.82) is 0 Å². The van der Waals surface area contributed by atoms with E-state index >= 15 is 0 Å². The number of piperidine rings is 1. The summed E-state index contributed by atoms with van der Waals surface area (Å²) in [7, 11) is 0. The lowest BCUT2D eigenvalue weighted by Gasteiger charge is -2.27. The van der Waals surface area contributed by atoms with Crippen LogP contribution >= 0.6 is 11.3 Å². The van der Waals surface area contributed by atoms with Gasteiger partial charge >= 0.3 is 11.9 Å². The van der Waals surface area contributed by atoms with Gasteiger partial charge in [0.05, 0.1) is 44.8 Å². The topological polar surface area (TPSA) is 86.1 Å². The minimum Gasteiger partial charge on any atom is -0.462 e. The summed E-state index contributed by atoms with van der Waals surface area (Å²) in [5, 5.41) is 3.17. The molecule has 156 valence electrons. The quantitative estimate of drug-likeness (QED) is 0.640. The number of thiophene rings is 1. The number of hydrogen-bond donors (Lipinski definition) is 2. The van der Waals surface area contributed by atoms with Gasteiger partial charge < -0.3 is 19.7 Å². The molecule has 1 amide bonds. The molecule has 1 aromatic heterocycles. The average molecular weight is 412 g/mol. The maximum absolute atomic E-state index is 12.5. The monoisotopic (exact) mass is 411 g/mol. The van der Waals surface area contributed by atoms with Gasteiger partial charge in [0.15, 0.2) is 0 Å². The van der Waals surface area contributed by atoms with Gasteiger partial charge in [0, 0.05) is 0 Å². The molecule has 1 aromatic rings. The fourth-order valence-electron chi connectivity index (χ4n) is 3.34. The molecule has 1 fully saturated rings. The van der Waals surface area contributed by atoms with Crippen LogP contribution < -0.4 is 10.2 Å². The maximum atomic E-state index is 12.5. The minimum absolute atomic E-state index is 0.159. The molecule has 0 spiro atoms. The molecule has 0 radical (unpaired) electrons. The zero-order valence-corrected chi connectivity index (χ0v) is 18.0. The number of quaternary nitrogens is 1. The Morgan fingerprint density at radius 2 is 1.71 bits per heavy atom. The summed E-state index contributed by atoms with van der Waals surface area (Å²) in [6.45, 7) is 10.8. The highest BCUT2D eigenvalue weighted by Crippen LogP contribution is 2.34. The van der Waals surface area contributed by atoms with E-state index in [0.29, 0.717) is 21.9 Å². The molecule has 1 saturated heterocycles. The van der Waals surface area contributed by atoms with Gasteiger partial charge in [-0.3, -0.25) is 4.79 Å². The smallest absolute Gasteiger partial charge is 0.348 e. The molecule has 7 nitrogen and oxygen atoms in total. The van der Waals surface area contributed by atoms with E-state index in [1.807, 2.05) is 0 Å². The molecule has 1 aliphatic heterocycles. The summed E-state index contributed by atoms with van der Waals surface area (Å²) < 4.78 is 10.2. The third-order valence-electron chi connectivity index (χ3n) is 5.03. The van der Waals surface area contributed by atoms with E-state index in [4.69, 9.17) is 9.47 Å². The van der Waals surface area contributed by atoms with Crippen LogP contribution in [0.5, 0.6) is 0 Å². The van der Waals surface area contributed by atoms with E-state index in [2.05, 4.69) is 12.2 Å². The van der Waals surface area contributed by atoms with Crippen molar-refractivity contribution in [3.8, 4) is 0 Å². The number of anilines is 1. The largest absolute Gasteiger partial charge is 0.462 e. The van der Waals surface area contributed by atoms with E-state index in [1.165, 1.54) is 17.7 Å². The Labute approximate surface area is 170 Å². The molecule has 2 rings (SSSR count). The number of ether oxygens (including phenoxy) is 2. The highest BCUT2D eigenvalue weighted by atomic mass is 32.1. The SMILES string of the molecule is CCOC(=O)c1sc(NC(=O)CC[NH+]2CCC(C)CC2)c(C(=O)OCC)c1C. The molecular formula is C20H31N2O5S+. The predicted molar refractivity (Wildman–Crippen MR) is 108 cm³/mol. The second-order valence-corrected chi connectivity index (χ2v) is 8.20. The van der Waals surface area contributed by atoms with E-state index in [1.54, 1.807) is 20.8 Å². The zero-order chi connectivity index (χ0) is 20.7. The van der Waals surface area contributed by atoms with E-state index in [9.17, 15) is 14.4 Å². The average Bonchev–Trinajstić information content (AvgIpc) is 2.97. The van der Waals surface area contributed by atoms with Crippen molar-refractivity contribution in [2.75, 3.05) is 38.2 Å². The fraction of sp³-hybridized carbons (Fsp3) is 0.650. The number of amides is 1. The lowest BCUT2D eigenvalue weighted by molar-refractivity contribution is -0.905. The molecule has 0 aromatic carbocycles. The van der Waals surface area contributed by atoms with Crippen LogP contribution in [0.2, 0.25) is 0 Å². The van der Waals surface area contributed by atoms with Gasteiger partial charge in [0.1, 0.15) is 9.88 Å². The van der Waals surface area contributed by atoms with Crippen molar-refractivity contribution in [1.82, 2.24) is 0 Å². The molecule has 0 bridgehead atoms. The van der Waals surface area contributed by atoms with Gasteiger partial charge in [-0.2, -0.15) is 0 Å². The third-order valence-corrected chi connectivity index (χ3v) is 6.21. The molecule has 0 atom stereocenters. The fourth-order valence-corrected chi connectivity index (χ4v) is 4.45. The van der Waals surface area contributed by atoms with Gasteiger partial charge in [0.2, 0.25) is 5.91 Å². The summed E-state index contributed by atoms with van der Waals surface area (Å²) in [4.78, 5) is 38.8. The molecular weight excluding hydrogens is 380 g/mol. The molecule has 0 saturated carbocycles. The first-order valence-corrected chi connectivity index (χ1v) is 10.8. The minimum atomic E-state index is -0.544. The van der Waals surface area contributed by atoms with Gasteiger partial charge in [-0.15, -0.1) is 11.3 Å². The number of carbonyl (C=O) groups excluding carboxylic acids is 3. The lowest BCUT2D eigenvalue weighted by Crippen LogP contribution is -3.13. The Morgan fingerprint density at radius 3 is 2.32 bits per heavy atom. The van der Waals surface area contributed by atoms with Crippen LogP contribution in [-0.4, -0.2) is 50.7 Å². The molecule has 2 N–H and O–H groups in total. The normalized spacial score (nSPS) is 19.1. The summed E-state index contributed by atoms with van der Waals surface area (Å²) in [6, 6.07) is 0. The van der Waals surface area contributed by atoms with Crippen molar-refractivity contribution >= 4 is 34.2 Å². The van der Waals surface area contributed by atoms with E-state index < -0.39 is 11.9 Å². The van der Waals surface area contributed by atoms with E-state index in [0.717, 1.165) is 36.9 Å². The summed E-state index contributed by atoms with van der Waals surface area (Å²) in [5.74, 6) is -0.436. The van der Waals surface area contributed by atoms with Crippen LogP contribution in [0.25, 0.3) is 0 Å². The number of hydrogen-bond acceptors (Lipinski definition) is 6. The molecule has 2 heterocycles. The molecule has 0 aliphatic carbocycles. The number of esters is 2. The van der Waals surface area contributed by atoms with Crippen LogP contribution in [0.15, 0.2) is 0 Å². The number of rotatable bonds is 8. The van der Waals surface area contributed by atoms with Crippen molar-refractivity contribution < 1.29 is 28.8 Å². The first kappa shape index (κ1) is 22.4. The highest BCUT2D eigenvalue weighted by Gasteiger charge is 2.27. The van der Waals surface area contributed by atoms with Crippen LogP contribution in [-0.2, 0) is 14.3 Å². The van der Waals surface area contributed by atoms with Gasteiger partial charge in [-0.05, 0) is 45.1 Å². The van der Waals surface area contributed by atoms with Crippen molar-refractivity contribution in [2.45, 2.75) is 47.0 Å². The first-order valence-electron chi connectivity index (χ1n) is 9.98. The van der Waals surface area contributed by atoms with Gasteiger partial charge in [-0.25, -0.2) is 9.59 Å². The maximum Gasteiger partial charge on any atom is 0.348 e. The van der Waals surface area contributed by atoms with Crippen molar-refractivity contribution in [3.05, 3.63) is 16.0 Å². The standard InChI is InChI=1S/C20H30N2O5S/c1-5-26-19(24)16-14(4)17(20(25)27-6-2)28-18(16)21-15(23)9-12-22-10-7-13(3)8-11-22/h13H,5-12H2,1-4H3,(H,21,23)/p+1. The first-order chi connectivity index (χ1) is 13.4. The molecule has 8 heteroatoms. The summed E-state index contributed by atoms with van der Waals surface area (Å²) >= 11 is 1.06. The Morgan fingerprint density at radius 1 is 1.11 bits per heavy atom. The zero-order valence-electron chi connectivity index (χ0n) is 17.2. The van der Waals surface area contributed by atoms with Gasteiger partial charge in [-0.1, -0.05) is 6.92 Å². The van der Waals surface area contributed by atoms with Crippen molar-refractivity contribution in [3.63, 3.8) is 0 Å². The Bertz CT molecular complexity index is 708. The lowest BCUT2D eigenvalue weighted by atomic mass is 9.99. The Kier molecular flexibility index (Phi) is 8.44. The Hall–Kier alpha value is -1.93. The third kappa shape index (κ3) is 5.78. The van der Waals surface area contributed by atoms with Crippen LogP contribution in [0, 0.1) is 12.8 Å². The molecule has 0 unspecified atom stereocenters. The molecule has 1 aliphatic rings. The second-order valence-electron chi connectivity index (χ2n) is 7.18. The highest BCUT2D eigenvalue weighted by molar-refractivity contribution is 7.18. The number of carbonyl (C=O) groups is 3. The Balaban J connectivity index is 2.09. The second kappa shape index (κ2) is 10.6. The van der Waals surface area contributed by atoms with Crippen molar-refractivity contribution in [2.24, 2.45) is 5.92 Å². The van der Waals surface area contributed by atoms with Gasteiger partial charge in [0.25, 0.3) is 0 Å². The van der Waals surface area contributed by atoms with Crippen LogP contribution in [0.4, 0.5) is 5.00 Å². The molecule has 28 heavy (non-hydrogen) atoms. The van der Waals surface area contributed by atoms with Crippen LogP contribution in [0.1, 0.15) is 65.6 Å². The summed E-state index contributed by atoms with van der Waals surface area (Å²) in [6.07, 6.45) is 2.76.